The molecule has 2 N–H and O–H groups in total. The molecule has 0 radical (unpaired) electrons. The van der Waals surface area contributed by atoms with Crippen LogP contribution < -0.4 is 5.73 Å². The lowest BCUT2D eigenvalue weighted by molar-refractivity contribution is 0.0472. The highest BCUT2D eigenvalue weighted by Crippen LogP contribution is 2.12. The monoisotopic (exact) mass is 248 g/mol. The molecule has 0 bridgehead atoms. The zero-order chi connectivity index (χ0) is 12.3. The highest BCUT2D eigenvalue weighted by Gasteiger charge is 2.08. The summed E-state index contributed by atoms with van der Waals surface area (Å²) in [5.74, 6) is -0.363. The quantitative estimate of drug-likeness (QED) is 0.669. The van der Waals surface area contributed by atoms with E-state index >= 15 is 0 Å². The summed E-state index contributed by atoms with van der Waals surface area (Å²) in [7, 11) is 0. The number of nitrogen functional groups attached to an aromatic ring is 1. The number of hydrogen-bond donors (Lipinski definition) is 1. The maximum atomic E-state index is 11.6. The summed E-state index contributed by atoms with van der Waals surface area (Å²) in [6.07, 6.45) is 0. The van der Waals surface area contributed by atoms with Crippen LogP contribution in [0, 0.1) is 6.92 Å². The van der Waals surface area contributed by atoms with Crippen molar-refractivity contribution in [3.8, 4) is 0 Å². The molecule has 4 nitrogen and oxygen atoms in total. The van der Waals surface area contributed by atoms with Crippen molar-refractivity contribution in [2.75, 3.05) is 5.73 Å². The molecule has 0 saturated carbocycles. The van der Waals surface area contributed by atoms with Gasteiger partial charge in [-0.1, -0.05) is 0 Å². The fraction of sp³-hybridized carbons (Fsp3) is 0.167. The van der Waals surface area contributed by atoms with E-state index in [0.717, 1.165) is 10.7 Å². The first-order chi connectivity index (χ1) is 8.15. The minimum Gasteiger partial charge on any atom is -0.455 e. The Kier molecular flexibility index (Phi) is 3.39. The van der Waals surface area contributed by atoms with Gasteiger partial charge in [-0.05, 0) is 31.2 Å². The number of rotatable bonds is 3. The van der Waals surface area contributed by atoms with Gasteiger partial charge in [0.25, 0.3) is 0 Å². The van der Waals surface area contributed by atoms with E-state index in [0.29, 0.717) is 11.3 Å². The van der Waals surface area contributed by atoms with Crippen LogP contribution in [0.4, 0.5) is 5.69 Å². The van der Waals surface area contributed by atoms with Crippen molar-refractivity contribution >= 4 is 23.0 Å². The van der Waals surface area contributed by atoms with Gasteiger partial charge in [0.1, 0.15) is 11.6 Å². The van der Waals surface area contributed by atoms with E-state index in [2.05, 4.69) is 4.98 Å². The van der Waals surface area contributed by atoms with Crippen LogP contribution in [0.1, 0.15) is 21.1 Å². The molecule has 2 aromatic rings. The van der Waals surface area contributed by atoms with Gasteiger partial charge in [0.05, 0.1) is 5.56 Å². The third-order valence-electron chi connectivity index (χ3n) is 2.14. The van der Waals surface area contributed by atoms with E-state index in [1.165, 1.54) is 11.3 Å². The first-order valence-electron chi connectivity index (χ1n) is 5.09. The van der Waals surface area contributed by atoms with Gasteiger partial charge < -0.3 is 10.5 Å². The SMILES string of the molecule is Cc1csc(COC(=O)c2ccc(N)cc2)n1. The van der Waals surface area contributed by atoms with Gasteiger partial charge in [-0.3, -0.25) is 0 Å². The van der Waals surface area contributed by atoms with Gasteiger partial charge in [-0.2, -0.15) is 0 Å². The molecule has 0 fully saturated rings. The molecule has 0 aliphatic rings. The molecule has 2 rings (SSSR count). The Morgan fingerprint density at radius 2 is 2.12 bits per heavy atom. The number of aryl methyl sites for hydroxylation is 1. The molecule has 0 unspecified atom stereocenters. The number of anilines is 1. The second kappa shape index (κ2) is 4.97. The molecule has 1 heterocycles. The summed E-state index contributed by atoms with van der Waals surface area (Å²) in [6, 6.07) is 6.63. The lowest BCUT2D eigenvalue weighted by atomic mass is 10.2. The summed E-state index contributed by atoms with van der Waals surface area (Å²) in [4.78, 5) is 15.9. The average molecular weight is 248 g/mol. The summed E-state index contributed by atoms with van der Waals surface area (Å²) < 4.78 is 5.14. The predicted octanol–water partition coefficient (Wildman–Crippen LogP) is 2.39. The summed E-state index contributed by atoms with van der Waals surface area (Å²) in [5, 5.41) is 2.72. The molecule has 0 atom stereocenters. The van der Waals surface area contributed by atoms with Crippen LogP contribution in [0.3, 0.4) is 0 Å². The van der Waals surface area contributed by atoms with Crippen LogP contribution >= 0.6 is 11.3 Å². The number of thiazole rings is 1. The molecule has 88 valence electrons. The van der Waals surface area contributed by atoms with E-state index < -0.39 is 0 Å². The highest BCUT2D eigenvalue weighted by atomic mass is 32.1. The van der Waals surface area contributed by atoms with Crippen LogP contribution in [-0.2, 0) is 11.3 Å². The first-order valence-corrected chi connectivity index (χ1v) is 5.97. The topological polar surface area (TPSA) is 65.2 Å². The van der Waals surface area contributed by atoms with Gasteiger partial charge in [0.15, 0.2) is 0 Å². The maximum Gasteiger partial charge on any atom is 0.338 e. The molecule has 0 aliphatic carbocycles. The van der Waals surface area contributed by atoms with Crippen molar-refractivity contribution in [1.29, 1.82) is 0 Å². The predicted molar refractivity (Wildman–Crippen MR) is 66.8 cm³/mol. The van der Waals surface area contributed by atoms with Gasteiger partial charge in [0.2, 0.25) is 0 Å². The Bertz CT molecular complexity index is 520. The number of hydrogen-bond acceptors (Lipinski definition) is 5. The molecule has 0 amide bonds. The fourth-order valence-electron chi connectivity index (χ4n) is 1.30. The largest absolute Gasteiger partial charge is 0.455 e. The van der Waals surface area contributed by atoms with Gasteiger partial charge in [0, 0.05) is 16.8 Å². The number of carbonyl (C=O) groups excluding carboxylic acids is 1. The minimum atomic E-state index is -0.363. The lowest BCUT2D eigenvalue weighted by Crippen LogP contribution is -2.05. The summed E-state index contributed by atoms with van der Waals surface area (Å²) >= 11 is 1.48. The number of carbonyl (C=O) groups is 1. The van der Waals surface area contributed by atoms with E-state index in [9.17, 15) is 4.79 Å². The number of aromatic nitrogens is 1. The molecule has 0 aliphatic heterocycles. The van der Waals surface area contributed by atoms with Crippen molar-refractivity contribution in [3.05, 3.63) is 45.9 Å². The second-order valence-corrected chi connectivity index (χ2v) is 4.52. The first kappa shape index (κ1) is 11.6. The van der Waals surface area contributed by atoms with Gasteiger partial charge in [-0.25, -0.2) is 9.78 Å². The summed E-state index contributed by atoms with van der Waals surface area (Å²) in [5.41, 5.74) is 7.59. The van der Waals surface area contributed by atoms with Crippen molar-refractivity contribution in [2.45, 2.75) is 13.5 Å². The van der Waals surface area contributed by atoms with Gasteiger partial charge >= 0.3 is 5.97 Å². The van der Waals surface area contributed by atoms with Crippen LogP contribution in [0.25, 0.3) is 0 Å². The third kappa shape index (κ3) is 3.04. The highest BCUT2D eigenvalue weighted by molar-refractivity contribution is 7.09. The second-order valence-electron chi connectivity index (χ2n) is 3.58. The number of ether oxygens (including phenoxy) is 1. The molecule has 1 aromatic carbocycles. The van der Waals surface area contributed by atoms with Crippen molar-refractivity contribution in [2.24, 2.45) is 0 Å². The Morgan fingerprint density at radius 1 is 1.41 bits per heavy atom. The average Bonchev–Trinajstić information content (AvgIpc) is 2.73. The maximum absolute atomic E-state index is 11.6. The number of nitrogens with zero attached hydrogens (tertiary/aromatic N) is 1. The Morgan fingerprint density at radius 3 is 2.71 bits per heavy atom. The zero-order valence-corrected chi connectivity index (χ0v) is 10.2. The van der Waals surface area contributed by atoms with Gasteiger partial charge in [-0.15, -0.1) is 11.3 Å². The van der Waals surface area contributed by atoms with E-state index in [1.807, 2.05) is 12.3 Å². The number of benzene rings is 1. The Balaban J connectivity index is 1.95. The summed E-state index contributed by atoms with van der Waals surface area (Å²) in [6.45, 7) is 2.11. The molecular formula is C12H12N2O2S. The van der Waals surface area contributed by atoms with E-state index in [1.54, 1.807) is 24.3 Å². The molecule has 0 saturated heterocycles. The Labute approximate surface area is 103 Å². The smallest absolute Gasteiger partial charge is 0.338 e. The molecule has 5 heteroatoms. The zero-order valence-electron chi connectivity index (χ0n) is 9.34. The van der Waals surface area contributed by atoms with Crippen LogP contribution in [0.5, 0.6) is 0 Å². The normalized spacial score (nSPS) is 10.2. The van der Waals surface area contributed by atoms with E-state index in [4.69, 9.17) is 10.5 Å². The molecular weight excluding hydrogens is 236 g/mol. The number of nitrogens with two attached hydrogens (primary N) is 1. The van der Waals surface area contributed by atoms with Crippen molar-refractivity contribution < 1.29 is 9.53 Å². The molecule has 0 spiro atoms. The van der Waals surface area contributed by atoms with E-state index in [-0.39, 0.29) is 12.6 Å². The Hall–Kier alpha value is -1.88. The third-order valence-corrected chi connectivity index (χ3v) is 3.08. The van der Waals surface area contributed by atoms with Crippen LogP contribution in [0.15, 0.2) is 29.6 Å². The number of esters is 1. The van der Waals surface area contributed by atoms with Crippen LogP contribution in [0.2, 0.25) is 0 Å². The molecule has 17 heavy (non-hydrogen) atoms. The van der Waals surface area contributed by atoms with Crippen molar-refractivity contribution in [3.63, 3.8) is 0 Å². The minimum absolute atomic E-state index is 0.210. The lowest BCUT2D eigenvalue weighted by Gasteiger charge is -2.02. The standard InChI is InChI=1S/C12H12N2O2S/c1-8-7-17-11(14-8)6-16-12(15)9-2-4-10(13)5-3-9/h2-5,7H,6,13H2,1H3. The van der Waals surface area contributed by atoms with Crippen LogP contribution in [-0.4, -0.2) is 11.0 Å². The van der Waals surface area contributed by atoms with Crippen molar-refractivity contribution in [1.82, 2.24) is 4.98 Å². The fourth-order valence-corrected chi connectivity index (χ4v) is 1.98. The molecule has 1 aromatic heterocycles.